The number of carbonyl (C=O) groups excluding carboxylic acids is 2. The molecule has 4 nitrogen and oxygen atoms in total. The Morgan fingerprint density at radius 3 is 2.22 bits per heavy atom. The molecule has 1 aromatic carbocycles. The van der Waals surface area contributed by atoms with Crippen molar-refractivity contribution in [1.82, 2.24) is 4.90 Å². The van der Waals surface area contributed by atoms with Gasteiger partial charge in [-0.3, -0.25) is 9.59 Å². The van der Waals surface area contributed by atoms with Crippen molar-refractivity contribution in [1.29, 1.82) is 0 Å². The molecule has 1 saturated carbocycles. The first-order valence-electron chi connectivity index (χ1n) is 10.5. The topological polar surface area (TPSA) is 40.6 Å². The molecule has 1 saturated heterocycles. The molecule has 3 aliphatic rings. The van der Waals surface area contributed by atoms with Crippen molar-refractivity contribution in [2.24, 2.45) is 0 Å². The van der Waals surface area contributed by atoms with E-state index in [2.05, 4.69) is 20.8 Å². The van der Waals surface area contributed by atoms with Crippen LogP contribution in [-0.4, -0.2) is 41.8 Å². The summed E-state index contributed by atoms with van der Waals surface area (Å²) < 4.78 is 0.959. The molecule has 4 rings (SSSR count). The van der Waals surface area contributed by atoms with Crippen LogP contribution in [0.2, 0.25) is 0 Å². The highest BCUT2D eigenvalue weighted by molar-refractivity contribution is 9.10. The van der Waals surface area contributed by atoms with Crippen molar-refractivity contribution in [3.05, 3.63) is 28.2 Å². The Bertz CT molecular complexity index is 704. The van der Waals surface area contributed by atoms with Crippen LogP contribution in [0.5, 0.6) is 0 Å². The number of carbonyl (C=O) groups is 2. The summed E-state index contributed by atoms with van der Waals surface area (Å²) in [6.45, 7) is 2.08. The fourth-order valence-corrected chi connectivity index (χ4v) is 5.42. The number of halogens is 1. The lowest BCUT2D eigenvalue weighted by atomic mass is 9.91. The molecule has 0 N–H and O–H groups in total. The van der Waals surface area contributed by atoms with Gasteiger partial charge in [-0.2, -0.15) is 0 Å². The van der Waals surface area contributed by atoms with Gasteiger partial charge in [0, 0.05) is 41.8 Å². The molecule has 146 valence electrons. The van der Waals surface area contributed by atoms with Crippen molar-refractivity contribution < 1.29 is 9.59 Å². The van der Waals surface area contributed by atoms with Crippen molar-refractivity contribution in [3.63, 3.8) is 0 Å². The minimum atomic E-state index is -0.315. The minimum Gasteiger partial charge on any atom is -0.302 e. The summed E-state index contributed by atoms with van der Waals surface area (Å²) in [4.78, 5) is 29.4. The van der Waals surface area contributed by atoms with Crippen molar-refractivity contribution in [3.8, 4) is 0 Å². The summed E-state index contributed by atoms with van der Waals surface area (Å²) in [5.74, 6) is -0.586. The Morgan fingerprint density at radius 1 is 0.852 bits per heavy atom. The summed E-state index contributed by atoms with van der Waals surface area (Å²) in [5, 5.41) is 0. The van der Waals surface area contributed by atoms with E-state index < -0.39 is 0 Å². The third kappa shape index (κ3) is 4.14. The Labute approximate surface area is 170 Å². The predicted octanol–water partition coefficient (Wildman–Crippen LogP) is 4.48. The van der Waals surface area contributed by atoms with Crippen LogP contribution < -0.4 is 4.90 Å². The number of hydrogen-bond donors (Lipinski definition) is 0. The van der Waals surface area contributed by atoms with Gasteiger partial charge in [0.2, 0.25) is 5.78 Å². The van der Waals surface area contributed by atoms with Gasteiger partial charge in [-0.25, -0.2) is 0 Å². The maximum atomic E-state index is 12.7. The monoisotopic (exact) mass is 432 g/mol. The van der Waals surface area contributed by atoms with Crippen LogP contribution in [0, 0.1) is 0 Å². The van der Waals surface area contributed by atoms with Gasteiger partial charge in [-0.1, -0.05) is 54.1 Å². The summed E-state index contributed by atoms with van der Waals surface area (Å²) in [5.41, 5.74) is 1.91. The number of fused-ring (bicyclic) bond motifs is 1. The van der Waals surface area contributed by atoms with E-state index in [4.69, 9.17) is 0 Å². The molecule has 0 radical (unpaired) electrons. The largest absolute Gasteiger partial charge is 0.302 e. The third-order valence-electron chi connectivity index (χ3n) is 6.57. The van der Waals surface area contributed by atoms with E-state index in [1.165, 1.54) is 44.9 Å². The number of rotatable bonds is 2. The number of Topliss-reactive ketones (excluding diaryl/α,β-unsaturated/α-hetero) is 1. The SMILES string of the molecule is O=C1Cc2ccc(Br)cc2N(C2CCN(C3CCCCCCC3)CC2)C1=O. The van der Waals surface area contributed by atoms with Crippen LogP contribution in [0.1, 0.15) is 63.4 Å². The highest BCUT2D eigenvalue weighted by Gasteiger charge is 2.38. The molecule has 1 aromatic rings. The second-order valence-electron chi connectivity index (χ2n) is 8.31. The number of hydrogen-bond acceptors (Lipinski definition) is 3. The zero-order valence-electron chi connectivity index (χ0n) is 16.0. The number of nitrogens with zero attached hydrogens (tertiary/aromatic N) is 2. The predicted molar refractivity (Wildman–Crippen MR) is 111 cm³/mol. The molecule has 2 fully saturated rings. The molecular formula is C22H29BrN2O2. The van der Waals surface area contributed by atoms with E-state index in [1.54, 1.807) is 4.90 Å². The maximum absolute atomic E-state index is 12.7. The van der Waals surface area contributed by atoms with Crippen molar-refractivity contribution in [2.75, 3.05) is 18.0 Å². The van der Waals surface area contributed by atoms with Crippen LogP contribution in [-0.2, 0) is 16.0 Å². The van der Waals surface area contributed by atoms with E-state index >= 15 is 0 Å². The average Bonchev–Trinajstić information content (AvgIpc) is 2.64. The lowest BCUT2D eigenvalue weighted by molar-refractivity contribution is -0.136. The third-order valence-corrected chi connectivity index (χ3v) is 7.06. The zero-order valence-corrected chi connectivity index (χ0v) is 17.5. The lowest BCUT2D eigenvalue weighted by Crippen LogP contribution is -2.53. The number of ketones is 1. The summed E-state index contributed by atoms with van der Waals surface area (Å²) in [7, 11) is 0. The van der Waals surface area contributed by atoms with E-state index in [-0.39, 0.29) is 24.2 Å². The quantitative estimate of drug-likeness (QED) is 0.646. The van der Waals surface area contributed by atoms with Gasteiger partial charge in [-0.05, 0) is 43.4 Å². The van der Waals surface area contributed by atoms with Crippen LogP contribution in [0.15, 0.2) is 22.7 Å². The average molecular weight is 433 g/mol. The Balaban J connectivity index is 1.46. The van der Waals surface area contributed by atoms with Gasteiger partial charge in [0.05, 0.1) is 0 Å². The molecule has 1 amide bonds. The number of anilines is 1. The van der Waals surface area contributed by atoms with E-state index in [0.29, 0.717) is 6.04 Å². The first-order valence-corrected chi connectivity index (χ1v) is 11.3. The van der Waals surface area contributed by atoms with Crippen molar-refractivity contribution >= 4 is 33.3 Å². The highest BCUT2D eigenvalue weighted by atomic mass is 79.9. The molecule has 0 unspecified atom stereocenters. The molecule has 2 heterocycles. The van der Waals surface area contributed by atoms with Crippen LogP contribution >= 0.6 is 15.9 Å². The van der Waals surface area contributed by atoms with Gasteiger partial charge in [0.1, 0.15) is 0 Å². The summed E-state index contributed by atoms with van der Waals surface area (Å²) in [6, 6.07) is 6.78. The van der Waals surface area contributed by atoms with Gasteiger partial charge in [-0.15, -0.1) is 0 Å². The molecule has 0 spiro atoms. The van der Waals surface area contributed by atoms with Gasteiger partial charge >= 0.3 is 0 Å². The van der Waals surface area contributed by atoms with Gasteiger partial charge in [0.25, 0.3) is 5.91 Å². The van der Waals surface area contributed by atoms with E-state index in [0.717, 1.165) is 41.7 Å². The molecule has 0 bridgehead atoms. The molecule has 0 aromatic heterocycles. The van der Waals surface area contributed by atoms with Crippen LogP contribution in [0.4, 0.5) is 5.69 Å². The van der Waals surface area contributed by atoms with E-state index in [9.17, 15) is 9.59 Å². The number of likely N-dealkylation sites (tertiary alicyclic amines) is 1. The van der Waals surface area contributed by atoms with Gasteiger partial charge < -0.3 is 9.80 Å². The molecule has 0 atom stereocenters. The molecular weight excluding hydrogens is 404 g/mol. The Hall–Kier alpha value is -1.20. The van der Waals surface area contributed by atoms with Crippen LogP contribution in [0.3, 0.4) is 0 Å². The smallest absolute Gasteiger partial charge is 0.294 e. The molecule has 2 aliphatic heterocycles. The second-order valence-corrected chi connectivity index (χ2v) is 9.23. The highest BCUT2D eigenvalue weighted by Crippen LogP contribution is 2.34. The number of amides is 1. The van der Waals surface area contributed by atoms with Gasteiger partial charge in [0.15, 0.2) is 0 Å². The normalized spacial score (nSPS) is 23.8. The lowest BCUT2D eigenvalue weighted by Gasteiger charge is -2.43. The fourth-order valence-electron chi connectivity index (χ4n) is 5.07. The molecule has 5 heteroatoms. The Morgan fingerprint density at radius 2 is 1.52 bits per heavy atom. The maximum Gasteiger partial charge on any atom is 0.294 e. The summed E-state index contributed by atoms with van der Waals surface area (Å²) >= 11 is 3.52. The zero-order chi connectivity index (χ0) is 18.8. The standard InChI is InChI=1S/C22H29BrN2O2/c23-17-9-8-16-14-21(26)22(27)25(20(16)15-17)19-10-12-24(13-11-19)18-6-4-2-1-3-5-7-18/h8-9,15,18-19H,1-7,10-14H2. The first-order chi connectivity index (χ1) is 13.1. The number of benzene rings is 1. The fraction of sp³-hybridized carbons (Fsp3) is 0.636. The first kappa shape index (κ1) is 19.1. The van der Waals surface area contributed by atoms with Crippen LogP contribution in [0.25, 0.3) is 0 Å². The molecule has 1 aliphatic carbocycles. The molecule has 27 heavy (non-hydrogen) atoms. The summed E-state index contributed by atoms with van der Waals surface area (Å²) in [6.07, 6.45) is 11.7. The van der Waals surface area contributed by atoms with Crippen molar-refractivity contribution in [2.45, 2.75) is 76.3 Å². The minimum absolute atomic E-state index is 0.139. The Kier molecular flexibility index (Phi) is 5.98. The number of piperidine rings is 1. The second kappa shape index (κ2) is 8.44. The van der Waals surface area contributed by atoms with E-state index in [1.807, 2.05) is 18.2 Å².